The van der Waals surface area contributed by atoms with Gasteiger partial charge in [0.25, 0.3) is 0 Å². The van der Waals surface area contributed by atoms with E-state index in [4.69, 9.17) is 10.5 Å². The maximum absolute atomic E-state index is 6.17. The van der Waals surface area contributed by atoms with Gasteiger partial charge >= 0.3 is 0 Å². The van der Waals surface area contributed by atoms with E-state index in [1.165, 1.54) is 49.0 Å². The maximum atomic E-state index is 6.17. The Morgan fingerprint density at radius 1 is 0.964 bits per heavy atom. The zero-order valence-corrected chi connectivity index (χ0v) is 17.0. The molecule has 2 heteroatoms. The zero-order chi connectivity index (χ0) is 19.1. The first kappa shape index (κ1) is 18.2. The lowest BCUT2D eigenvalue weighted by Gasteiger charge is -2.36. The predicted molar refractivity (Wildman–Crippen MR) is 115 cm³/mol. The van der Waals surface area contributed by atoms with Gasteiger partial charge in [0, 0.05) is 12.5 Å². The van der Waals surface area contributed by atoms with E-state index in [2.05, 4.69) is 48.6 Å². The van der Waals surface area contributed by atoms with Gasteiger partial charge in [-0.3, -0.25) is 0 Å². The lowest BCUT2D eigenvalue weighted by Crippen LogP contribution is -2.27. The second-order valence-electron chi connectivity index (χ2n) is 9.41. The van der Waals surface area contributed by atoms with Crippen molar-refractivity contribution in [1.29, 1.82) is 0 Å². The van der Waals surface area contributed by atoms with E-state index in [-0.39, 0.29) is 6.04 Å². The van der Waals surface area contributed by atoms with E-state index in [0.717, 1.165) is 42.4 Å². The molecule has 0 spiro atoms. The van der Waals surface area contributed by atoms with E-state index in [1.54, 1.807) is 5.57 Å². The lowest BCUT2D eigenvalue weighted by molar-refractivity contribution is 0.204. The summed E-state index contributed by atoms with van der Waals surface area (Å²) in [6.07, 6.45) is 27.3. The van der Waals surface area contributed by atoms with Crippen LogP contribution in [0.15, 0.2) is 71.1 Å². The summed E-state index contributed by atoms with van der Waals surface area (Å²) in [5.74, 6) is 5.06. The van der Waals surface area contributed by atoms with Gasteiger partial charge in [0.2, 0.25) is 0 Å². The molecular formula is C26H33NO. The Balaban J connectivity index is 1.29. The van der Waals surface area contributed by atoms with E-state index in [0.29, 0.717) is 0 Å². The number of methoxy groups -OCH3 is 1. The Kier molecular flexibility index (Phi) is 4.92. The molecule has 0 bridgehead atoms. The van der Waals surface area contributed by atoms with E-state index in [1.807, 2.05) is 7.11 Å². The number of fused-ring (bicyclic) bond motifs is 3. The number of rotatable bonds is 3. The molecule has 6 unspecified atom stereocenters. The highest BCUT2D eigenvalue weighted by molar-refractivity contribution is 5.44. The smallest absolute Gasteiger partial charge is 0.0915 e. The molecule has 0 aromatic heterocycles. The van der Waals surface area contributed by atoms with Crippen LogP contribution in [0.1, 0.15) is 44.9 Å². The first-order valence-electron chi connectivity index (χ1n) is 11.2. The minimum absolute atomic E-state index is 0.181. The van der Waals surface area contributed by atoms with Crippen molar-refractivity contribution in [3.63, 3.8) is 0 Å². The number of hydrogen-bond acceptors (Lipinski definition) is 2. The molecule has 0 heterocycles. The summed E-state index contributed by atoms with van der Waals surface area (Å²) < 4.78 is 5.45. The molecule has 5 aliphatic carbocycles. The highest BCUT2D eigenvalue weighted by atomic mass is 16.5. The normalized spacial score (nSPS) is 39.4. The number of allylic oxidation sites excluding steroid dienone is 10. The first-order chi connectivity index (χ1) is 13.7. The topological polar surface area (TPSA) is 35.2 Å². The van der Waals surface area contributed by atoms with Crippen molar-refractivity contribution in [2.24, 2.45) is 35.3 Å². The second kappa shape index (κ2) is 7.55. The van der Waals surface area contributed by atoms with Gasteiger partial charge in [-0.05, 0) is 85.3 Å². The van der Waals surface area contributed by atoms with Crippen LogP contribution in [0.5, 0.6) is 0 Å². The van der Waals surface area contributed by atoms with Crippen LogP contribution in [0.25, 0.3) is 0 Å². The Labute approximate surface area is 169 Å². The summed E-state index contributed by atoms with van der Waals surface area (Å²) in [5, 5.41) is 0. The first-order valence-corrected chi connectivity index (χ1v) is 11.2. The van der Waals surface area contributed by atoms with Crippen molar-refractivity contribution in [2.75, 3.05) is 7.11 Å². The van der Waals surface area contributed by atoms with Gasteiger partial charge in [-0.2, -0.15) is 0 Å². The summed E-state index contributed by atoms with van der Waals surface area (Å²) in [6.45, 7) is 0. The Morgan fingerprint density at radius 2 is 1.82 bits per heavy atom. The van der Waals surface area contributed by atoms with Gasteiger partial charge in [0.1, 0.15) is 0 Å². The largest absolute Gasteiger partial charge is 0.501 e. The molecule has 2 nitrogen and oxygen atoms in total. The Morgan fingerprint density at radius 3 is 2.61 bits per heavy atom. The molecule has 2 N–H and O–H groups in total. The van der Waals surface area contributed by atoms with Gasteiger partial charge in [0.05, 0.1) is 12.9 Å². The molecule has 5 aliphatic rings. The van der Waals surface area contributed by atoms with Crippen LogP contribution in [-0.4, -0.2) is 13.2 Å². The van der Waals surface area contributed by atoms with Gasteiger partial charge in [-0.15, -0.1) is 0 Å². The van der Waals surface area contributed by atoms with Crippen molar-refractivity contribution in [1.82, 2.24) is 0 Å². The molecule has 0 radical (unpaired) electrons. The van der Waals surface area contributed by atoms with Crippen LogP contribution >= 0.6 is 0 Å². The highest BCUT2D eigenvalue weighted by Gasteiger charge is 2.43. The van der Waals surface area contributed by atoms with Crippen molar-refractivity contribution in [3.05, 3.63) is 71.1 Å². The van der Waals surface area contributed by atoms with E-state index < -0.39 is 0 Å². The third-order valence-electron chi connectivity index (χ3n) is 7.90. The third-order valence-corrected chi connectivity index (χ3v) is 7.90. The standard InChI is InChI=1S/C26H33NO/c1-28-24-11-9-17(10-12-24)19-5-7-21-13-22-8-6-20(16-26(22)25(21)15-19)18-3-2-4-23(27)14-18/h2-8,11,17,19,21,23,25-26H,9-10,12-16,27H2,1H3. The fourth-order valence-corrected chi connectivity index (χ4v) is 6.30. The molecule has 1 saturated carbocycles. The minimum Gasteiger partial charge on any atom is -0.501 e. The van der Waals surface area contributed by atoms with Crippen molar-refractivity contribution >= 4 is 0 Å². The molecule has 0 saturated heterocycles. The Bertz CT molecular complexity index is 808. The molecule has 28 heavy (non-hydrogen) atoms. The number of nitrogens with two attached hydrogens (primary N) is 1. The monoisotopic (exact) mass is 375 g/mol. The molecule has 5 rings (SSSR count). The van der Waals surface area contributed by atoms with Gasteiger partial charge in [-0.1, -0.05) is 48.1 Å². The quantitative estimate of drug-likeness (QED) is 0.650. The molecular weight excluding hydrogens is 342 g/mol. The van der Waals surface area contributed by atoms with Crippen molar-refractivity contribution in [3.8, 4) is 0 Å². The number of hydrogen-bond donors (Lipinski definition) is 1. The van der Waals surface area contributed by atoms with Crippen LogP contribution < -0.4 is 5.73 Å². The third kappa shape index (κ3) is 3.37. The summed E-state index contributed by atoms with van der Waals surface area (Å²) in [6, 6.07) is 0.181. The predicted octanol–water partition coefficient (Wildman–Crippen LogP) is 5.62. The minimum atomic E-state index is 0.181. The molecule has 6 atom stereocenters. The van der Waals surface area contributed by atoms with Gasteiger partial charge in [-0.25, -0.2) is 0 Å². The second-order valence-corrected chi connectivity index (χ2v) is 9.41. The molecule has 0 aromatic carbocycles. The van der Waals surface area contributed by atoms with Crippen LogP contribution in [0.3, 0.4) is 0 Å². The zero-order valence-electron chi connectivity index (χ0n) is 17.0. The van der Waals surface area contributed by atoms with Crippen LogP contribution in [0, 0.1) is 29.6 Å². The molecule has 1 fully saturated rings. The fraction of sp³-hybridized carbons (Fsp3) is 0.538. The lowest BCUT2D eigenvalue weighted by atomic mass is 9.69. The van der Waals surface area contributed by atoms with Crippen LogP contribution in [0.2, 0.25) is 0 Å². The fourth-order valence-electron chi connectivity index (χ4n) is 6.30. The average Bonchev–Trinajstić information content (AvgIpc) is 3.11. The maximum Gasteiger partial charge on any atom is 0.0915 e. The van der Waals surface area contributed by atoms with Gasteiger partial charge in [0.15, 0.2) is 0 Å². The Hall–Kier alpha value is -1.80. The van der Waals surface area contributed by atoms with Crippen LogP contribution in [0.4, 0.5) is 0 Å². The van der Waals surface area contributed by atoms with Crippen molar-refractivity contribution in [2.45, 2.75) is 51.0 Å². The van der Waals surface area contributed by atoms with Crippen LogP contribution in [-0.2, 0) is 4.74 Å². The molecule has 0 aliphatic heterocycles. The summed E-state index contributed by atoms with van der Waals surface area (Å²) >= 11 is 0. The SMILES string of the molecule is COC1=CCC(C2C=CC3CC4=CC=C(C5=CC=CC(N)C5)CC4C3C2)CC1. The summed E-state index contributed by atoms with van der Waals surface area (Å²) in [4.78, 5) is 0. The van der Waals surface area contributed by atoms with E-state index in [9.17, 15) is 0 Å². The number of ether oxygens (including phenoxy) is 1. The summed E-state index contributed by atoms with van der Waals surface area (Å²) in [5.41, 5.74) is 10.9. The summed E-state index contributed by atoms with van der Waals surface area (Å²) in [7, 11) is 1.81. The van der Waals surface area contributed by atoms with Crippen molar-refractivity contribution < 1.29 is 4.74 Å². The molecule has 0 amide bonds. The highest BCUT2D eigenvalue weighted by Crippen LogP contribution is 2.53. The molecule has 0 aromatic rings. The van der Waals surface area contributed by atoms with Gasteiger partial charge < -0.3 is 10.5 Å². The van der Waals surface area contributed by atoms with E-state index >= 15 is 0 Å². The molecule has 148 valence electrons. The average molecular weight is 376 g/mol.